The third-order valence-electron chi connectivity index (χ3n) is 3.71. The number of nitriles is 1. The lowest BCUT2D eigenvalue weighted by Gasteiger charge is -2.10. The Labute approximate surface area is 158 Å². The van der Waals surface area contributed by atoms with E-state index >= 15 is 0 Å². The summed E-state index contributed by atoms with van der Waals surface area (Å²) < 4.78 is 5.33. The summed E-state index contributed by atoms with van der Waals surface area (Å²) in [6, 6.07) is 3.73. The van der Waals surface area contributed by atoms with Crippen molar-refractivity contribution < 1.29 is 14.3 Å². The van der Waals surface area contributed by atoms with Crippen molar-refractivity contribution in [2.24, 2.45) is 0 Å². The number of thiazole rings is 1. The number of amides is 1. The Kier molecular flexibility index (Phi) is 5.54. The predicted octanol–water partition coefficient (Wildman–Crippen LogP) is 3.32. The number of nitrogens with one attached hydrogen (secondary N) is 1. The fourth-order valence-electron chi connectivity index (χ4n) is 2.34. The van der Waals surface area contributed by atoms with Crippen LogP contribution in [0.4, 0.5) is 5.13 Å². The second-order valence-corrected chi connectivity index (χ2v) is 7.42. The lowest BCUT2D eigenvalue weighted by Crippen LogP contribution is -2.11. The third-order valence-corrected chi connectivity index (χ3v) is 5.20. The van der Waals surface area contributed by atoms with Crippen molar-refractivity contribution in [3.63, 3.8) is 0 Å². The molecule has 0 bridgehead atoms. The molecule has 2 aromatic heterocycles. The van der Waals surface area contributed by atoms with Gasteiger partial charge >= 0.3 is 5.97 Å². The van der Waals surface area contributed by atoms with E-state index in [1.54, 1.807) is 11.4 Å². The Bertz CT molecular complexity index is 900. The van der Waals surface area contributed by atoms with Crippen molar-refractivity contribution in [3.05, 3.63) is 34.0 Å². The van der Waals surface area contributed by atoms with Gasteiger partial charge in [-0.1, -0.05) is 0 Å². The van der Waals surface area contributed by atoms with Crippen LogP contribution in [-0.2, 0) is 16.1 Å². The van der Waals surface area contributed by atoms with E-state index in [1.807, 2.05) is 6.26 Å². The van der Waals surface area contributed by atoms with Crippen LogP contribution in [0.5, 0.6) is 0 Å². The van der Waals surface area contributed by atoms with Crippen LogP contribution in [0.3, 0.4) is 0 Å². The Morgan fingerprint density at radius 2 is 2.23 bits per heavy atom. The zero-order chi connectivity index (χ0) is 18.7. The topological polar surface area (TPSA) is 105 Å². The number of carbonyl (C=O) groups is 2. The summed E-state index contributed by atoms with van der Waals surface area (Å²) in [4.78, 5) is 32.2. The van der Waals surface area contributed by atoms with Crippen LogP contribution in [0, 0.1) is 11.3 Å². The van der Waals surface area contributed by atoms with E-state index in [1.165, 1.54) is 30.0 Å². The normalized spacial score (nSPS) is 13.1. The predicted molar refractivity (Wildman–Crippen MR) is 98.2 cm³/mol. The highest BCUT2D eigenvalue weighted by Crippen LogP contribution is 2.40. The van der Waals surface area contributed by atoms with Crippen LogP contribution >= 0.6 is 23.1 Å². The van der Waals surface area contributed by atoms with E-state index in [2.05, 4.69) is 21.4 Å². The number of pyridine rings is 1. The number of thioether (sulfide) groups is 1. The number of nitrogens with zero attached hydrogens (tertiary/aromatic N) is 3. The van der Waals surface area contributed by atoms with Gasteiger partial charge in [0.2, 0.25) is 5.91 Å². The molecule has 134 valence electrons. The lowest BCUT2D eigenvalue weighted by atomic mass is 10.1. The second kappa shape index (κ2) is 7.85. The number of aromatic nitrogens is 2. The van der Waals surface area contributed by atoms with Gasteiger partial charge in [-0.15, -0.1) is 23.1 Å². The molecule has 1 saturated carbocycles. The van der Waals surface area contributed by atoms with Gasteiger partial charge in [-0.25, -0.2) is 14.8 Å². The van der Waals surface area contributed by atoms with Crippen molar-refractivity contribution in [3.8, 4) is 6.07 Å². The summed E-state index contributed by atoms with van der Waals surface area (Å²) in [7, 11) is 0. The first-order valence-corrected chi connectivity index (χ1v) is 10.0. The van der Waals surface area contributed by atoms with Gasteiger partial charge in [-0.2, -0.15) is 5.26 Å². The summed E-state index contributed by atoms with van der Waals surface area (Å²) in [6.45, 7) is 1.37. The molecule has 1 amide bonds. The molecule has 0 saturated heterocycles. The zero-order valence-electron chi connectivity index (χ0n) is 14.2. The fourth-order valence-corrected chi connectivity index (χ4v) is 3.64. The maximum atomic E-state index is 12.5. The molecule has 9 heteroatoms. The molecular formula is C17H16N4O3S2. The molecule has 0 spiro atoms. The molecule has 0 radical (unpaired) electrons. The molecule has 0 unspecified atom stereocenters. The fraction of sp³-hybridized carbons (Fsp3) is 0.353. The minimum absolute atomic E-state index is 0.0323. The van der Waals surface area contributed by atoms with E-state index in [4.69, 9.17) is 4.74 Å². The number of esters is 1. The maximum absolute atomic E-state index is 12.5. The first-order chi connectivity index (χ1) is 12.5. The van der Waals surface area contributed by atoms with Gasteiger partial charge in [-0.05, 0) is 25.2 Å². The zero-order valence-corrected chi connectivity index (χ0v) is 15.9. The molecule has 1 aliphatic rings. The molecule has 26 heavy (non-hydrogen) atoms. The number of ether oxygens (including phenoxy) is 1. The van der Waals surface area contributed by atoms with E-state index < -0.39 is 5.97 Å². The minimum atomic E-state index is -0.574. The maximum Gasteiger partial charge on any atom is 0.340 e. The molecule has 2 heterocycles. The molecule has 3 rings (SSSR count). The summed E-state index contributed by atoms with van der Waals surface area (Å²) in [5.41, 5.74) is 1.85. The van der Waals surface area contributed by atoms with E-state index in [-0.39, 0.29) is 23.6 Å². The highest BCUT2D eigenvalue weighted by Gasteiger charge is 2.29. The van der Waals surface area contributed by atoms with Crippen LogP contribution in [-0.4, -0.2) is 28.1 Å². The number of anilines is 1. The number of hydrogen-bond donors (Lipinski definition) is 1. The summed E-state index contributed by atoms with van der Waals surface area (Å²) in [5.74, 6) is -0.426. The molecule has 1 N–H and O–H groups in total. The van der Waals surface area contributed by atoms with E-state index in [0.717, 1.165) is 18.5 Å². The Morgan fingerprint density at radius 3 is 2.85 bits per heavy atom. The van der Waals surface area contributed by atoms with Gasteiger partial charge in [0.1, 0.15) is 17.7 Å². The monoisotopic (exact) mass is 388 g/mol. The van der Waals surface area contributed by atoms with Crippen molar-refractivity contribution >= 4 is 40.1 Å². The SMILES string of the molecule is CSc1nc(C2CC2)cc(C(=O)OCc2csc(NC(C)=O)n2)c1C#N. The van der Waals surface area contributed by atoms with Crippen LogP contribution in [0.15, 0.2) is 16.5 Å². The Balaban J connectivity index is 1.76. The molecule has 0 aromatic carbocycles. The van der Waals surface area contributed by atoms with E-state index in [9.17, 15) is 14.9 Å². The van der Waals surface area contributed by atoms with Gasteiger partial charge in [0.25, 0.3) is 0 Å². The average molecular weight is 388 g/mol. The van der Waals surface area contributed by atoms with Gasteiger partial charge in [-0.3, -0.25) is 4.79 Å². The number of rotatable bonds is 6. The van der Waals surface area contributed by atoms with Gasteiger partial charge in [0.15, 0.2) is 5.13 Å². The molecule has 2 aromatic rings. The molecule has 1 aliphatic carbocycles. The first kappa shape index (κ1) is 18.4. The van der Waals surface area contributed by atoms with Gasteiger partial charge in [0, 0.05) is 23.9 Å². The average Bonchev–Trinajstić information content (AvgIpc) is 3.38. The molecule has 0 atom stereocenters. The lowest BCUT2D eigenvalue weighted by molar-refractivity contribution is -0.114. The van der Waals surface area contributed by atoms with Gasteiger partial charge < -0.3 is 10.1 Å². The number of hydrogen-bond acceptors (Lipinski definition) is 8. The van der Waals surface area contributed by atoms with Crippen LogP contribution < -0.4 is 5.32 Å². The standard InChI is InChI=1S/C17H16N4O3S2/c1-9(22)19-17-20-11(8-26-17)7-24-16(23)12-5-14(10-3-4-10)21-15(25-2)13(12)6-18/h5,8,10H,3-4,7H2,1-2H3,(H,19,20,22). The van der Waals surface area contributed by atoms with E-state index in [0.29, 0.717) is 21.8 Å². The highest BCUT2D eigenvalue weighted by atomic mass is 32.2. The molecule has 0 aliphatic heterocycles. The second-order valence-electron chi connectivity index (χ2n) is 5.77. The Morgan fingerprint density at radius 1 is 1.46 bits per heavy atom. The summed E-state index contributed by atoms with van der Waals surface area (Å²) in [5, 5.41) is 14.7. The first-order valence-electron chi connectivity index (χ1n) is 7.90. The summed E-state index contributed by atoms with van der Waals surface area (Å²) >= 11 is 2.60. The Hall–Kier alpha value is -2.44. The van der Waals surface area contributed by atoms with Crippen LogP contribution in [0.25, 0.3) is 0 Å². The van der Waals surface area contributed by atoms with Gasteiger partial charge in [0.05, 0.1) is 16.8 Å². The smallest absolute Gasteiger partial charge is 0.340 e. The van der Waals surface area contributed by atoms with Crippen molar-refractivity contribution in [1.29, 1.82) is 5.26 Å². The molecule has 1 fully saturated rings. The van der Waals surface area contributed by atoms with Crippen LogP contribution in [0.2, 0.25) is 0 Å². The summed E-state index contributed by atoms with van der Waals surface area (Å²) in [6.07, 6.45) is 3.92. The molecular weight excluding hydrogens is 372 g/mol. The molecule has 7 nitrogen and oxygen atoms in total. The number of carbonyl (C=O) groups excluding carboxylic acids is 2. The third kappa shape index (κ3) is 4.20. The van der Waals surface area contributed by atoms with Crippen molar-refractivity contribution in [2.75, 3.05) is 11.6 Å². The largest absolute Gasteiger partial charge is 0.456 e. The van der Waals surface area contributed by atoms with Crippen LogP contribution in [0.1, 0.15) is 53.0 Å². The quantitative estimate of drug-likeness (QED) is 0.598. The highest BCUT2D eigenvalue weighted by molar-refractivity contribution is 7.98. The minimum Gasteiger partial charge on any atom is -0.456 e. The van der Waals surface area contributed by atoms with Crippen molar-refractivity contribution in [2.45, 2.75) is 37.3 Å². The van der Waals surface area contributed by atoms with Crippen molar-refractivity contribution in [1.82, 2.24) is 9.97 Å².